The van der Waals surface area contributed by atoms with Crippen molar-refractivity contribution in [1.82, 2.24) is 10.3 Å². The summed E-state index contributed by atoms with van der Waals surface area (Å²) in [7, 11) is 0. The van der Waals surface area contributed by atoms with Gasteiger partial charge in [0.15, 0.2) is 0 Å². The first kappa shape index (κ1) is 25.0. The van der Waals surface area contributed by atoms with Crippen LogP contribution in [0.25, 0.3) is 0 Å². The molecule has 4 heterocycles. The van der Waals surface area contributed by atoms with E-state index in [1.807, 2.05) is 0 Å². The largest absolute Gasteiger partial charge is 1.00 e. The zero-order valence-electron chi connectivity index (χ0n) is 14.5. The third-order valence-corrected chi connectivity index (χ3v) is 5.21. The Morgan fingerprint density at radius 1 is 0.880 bits per heavy atom. The molecule has 4 atom stereocenters. The zero-order chi connectivity index (χ0) is 16.8. The monoisotopic (exact) mass is 388 g/mol. The minimum Gasteiger partial charge on any atom is -0.444 e. The Bertz CT molecular complexity index is 385. The van der Waals surface area contributed by atoms with E-state index >= 15 is 0 Å². The Morgan fingerprint density at radius 3 is 1.68 bits per heavy atom. The van der Waals surface area contributed by atoms with Crippen LogP contribution in [0.15, 0.2) is 10.6 Å². The first-order valence-corrected chi connectivity index (χ1v) is 8.26. The summed E-state index contributed by atoms with van der Waals surface area (Å²) in [6, 6.07) is 1.72. The van der Waals surface area contributed by atoms with Crippen LogP contribution in [0.5, 0.6) is 0 Å². The SMILES string of the molecule is Cl.O=NN1C2CCC1CC(O)C2.O=N[O-].OC1CC2CCC(C1)N2.[Na+]. The number of aliphatic hydroxyl groups is 2. The van der Waals surface area contributed by atoms with E-state index in [0.717, 1.165) is 43.9 Å². The van der Waals surface area contributed by atoms with Crippen LogP contribution in [0.4, 0.5) is 0 Å². The van der Waals surface area contributed by atoms with Gasteiger partial charge in [-0.1, -0.05) is 0 Å². The summed E-state index contributed by atoms with van der Waals surface area (Å²) in [5.74, 6) is 0. The molecule has 0 spiro atoms. The molecular formula is C14H26ClN4NaO5. The molecule has 4 saturated heterocycles. The predicted octanol–water partition coefficient (Wildman–Crippen LogP) is -1.41. The number of nitrogens with one attached hydrogen (secondary N) is 1. The van der Waals surface area contributed by atoms with Crippen LogP contribution in [0, 0.1) is 15.0 Å². The number of rotatable bonds is 1. The summed E-state index contributed by atoms with van der Waals surface area (Å²) >= 11 is 0. The van der Waals surface area contributed by atoms with Crippen LogP contribution in [0.1, 0.15) is 51.4 Å². The molecule has 0 radical (unpaired) electrons. The molecule has 4 unspecified atom stereocenters. The van der Waals surface area contributed by atoms with Gasteiger partial charge in [0.25, 0.3) is 0 Å². The second kappa shape index (κ2) is 12.4. The van der Waals surface area contributed by atoms with E-state index < -0.39 is 0 Å². The number of piperidine rings is 2. The van der Waals surface area contributed by atoms with E-state index in [2.05, 4.69) is 10.6 Å². The van der Waals surface area contributed by atoms with Crippen molar-refractivity contribution in [3.63, 3.8) is 0 Å². The molecular weight excluding hydrogens is 363 g/mol. The Labute approximate surface area is 175 Å². The van der Waals surface area contributed by atoms with Gasteiger partial charge in [0.05, 0.1) is 29.6 Å². The van der Waals surface area contributed by atoms with Crippen LogP contribution in [0.3, 0.4) is 0 Å². The normalized spacial score (nSPS) is 37.1. The van der Waals surface area contributed by atoms with Crippen LogP contribution in [-0.2, 0) is 0 Å². The average molecular weight is 389 g/mol. The van der Waals surface area contributed by atoms with E-state index in [1.165, 1.54) is 12.8 Å². The molecule has 0 aromatic rings. The fourth-order valence-electron chi connectivity index (χ4n) is 4.28. The maximum Gasteiger partial charge on any atom is 1.00 e. The summed E-state index contributed by atoms with van der Waals surface area (Å²) in [6.07, 6.45) is 7.80. The number of nitrogens with zero attached hydrogens (tertiary/aromatic N) is 3. The van der Waals surface area contributed by atoms with Crippen molar-refractivity contribution >= 4 is 12.4 Å². The molecule has 0 aromatic heterocycles. The maximum atomic E-state index is 10.3. The number of fused-ring (bicyclic) bond motifs is 4. The van der Waals surface area contributed by atoms with Gasteiger partial charge in [0.1, 0.15) is 0 Å². The van der Waals surface area contributed by atoms with Crippen molar-refractivity contribution in [3.8, 4) is 0 Å². The van der Waals surface area contributed by atoms with Gasteiger partial charge in [-0.15, -0.1) is 22.7 Å². The Kier molecular flexibility index (Phi) is 12.4. The molecule has 3 N–H and O–H groups in total. The smallest absolute Gasteiger partial charge is 0.444 e. The Morgan fingerprint density at radius 2 is 1.28 bits per heavy atom. The van der Waals surface area contributed by atoms with Gasteiger partial charge in [0.2, 0.25) is 0 Å². The summed E-state index contributed by atoms with van der Waals surface area (Å²) in [4.78, 5) is 18.3. The molecule has 4 rings (SSSR count). The Balaban J connectivity index is 0.000000378. The predicted molar refractivity (Wildman–Crippen MR) is 91.3 cm³/mol. The van der Waals surface area contributed by atoms with Crippen molar-refractivity contribution in [2.24, 2.45) is 10.6 Å². The summed E-state index contributed by atoms with van der Waals surface area (Å²) < 4.78 is 0. The zero-order valence-corrected chi connectivity index (χ0v) is 17.3. The van der Waals surface area contributed by atoms with Crippen LogP contribution in [-0.4, -0.2) is 51.6 Å². The van der Waals surface area contributed by atoms with E-state index in [0.29, 0.717) is 12.1 Å². The summed E-state index contributed by atoms with van der Waals surface area (Å²) in [6.45, 7) is 0. The van der Waals surface area contributed by atoms with Crippen molar-refractivity contribution in [2.75, 3.05) is 0 Å². The van der Waals surface area contributed by atoms with Gasteiger partial charge in [0, 0.05) is 12.1 Å². The van der Waals surface area contributed by atoms with Gasteiger partial charge < -0.3 is 25.6 Å². The topological polar surface area (TPSA) is 138 Å². The quantitative estimate of drug-likeness (QED) is 0.285. The van der Waals surface area contributed by atoms with Crippen molar-refractivity contribution in [2.45, 2.75) is 87.7 Å². The molecule has 4 aliphatic rings. The summed E-state index contributed by atoms with van der Waals surface area (Å²) in [5.41, 5.74) is 0. The standard InChI is InChI=1S/C7H12N2O2.C7H13NO.ClH.HNO2.Na/c10-7-3-5-1-2-6(4-7)9(5)8-11;9-7-3-5-1-2-6(4-7)8-5;;2-1-3;/h5-7,10H,1-4H2;5-9H,1-4H2;1H;(H,2,3);/q;;;;+1/p-1. The molecule has 4 bridgehead atoms. The minimum atomic E-state index is -0.203. The first-order valence-electron chi connectivity index (χ1n) is 8.26. The molecule has 0 amide bonds. The second-order valence-corrected chi connectivity index (χ2v) is 6.81. The van der Waals surface area contributed by atoms with Gasteiger partial charge >= 0.3 is 29.6 Å². The van der Waals surface area contributed by atoms with E-state index in [1.54, 1.807) is 5.01 Å². The van der Waals surface area contributed by atoms with Crippen LogP contribution >= 0.6 is 12.4 Å². The fourth-order valence-corrected chi connectivity index (χ4v) is 4.28. The average Bonchev–Trinajstić information content (AvgIpc) is 2.97. The summed E-state index contributed by atoms with van der Waals surface area (Å²) in [5, 5.41) is 35.7. The molecule has 0 aliphatic carbocycles. The van der Waals surface area contributed by atoms with Gasteiger partial charge in [-0.05, 0) is 51.4 Å². The maximum absolute atomic E-state index is 10.3. The Hall–Kier alpha value is -0.0300. The molecule has 0 aromatic carbocycles. The van der Waals surface area contributed by atoms with E-state index in [4.69, 9.17) is 10.1 Å². The molecule has 4 fully saturated rings. The second-order valence-electron chi connectivity index (χ2n) is 6.81. The third-order valence-electron chi connectivity index (χ3n) is 5.21. The molecule has 9 nitrogen and oxygen atoms in total. The molecule has 0 saturated carbocycles. The fraction of sp³-hybridized carbons (Fsp3) is 1.00. The number of aliphatic hydroxyl groups excluding tert-OH is 2. The van der Waals surface area contributed by atoms with Gasteiger partial charge in [-0.3, -0.25) is 5.01 Å². The van der Waals surface area contributed by atoms with E-state index in [9.17, 15) is 15.1 Å². The van der Waals surface area contributed by atoms with Gasteiger partial charge in [-0.25, -0.2) is 0 Å². The molecule has 4 aliphatic heterocycles. The van der Waals surface area contributed by atoms with Crippen LogP contribution < -0.4 is 34.9 Å². The number of hydrogen-bond donors (Lipinski definition) is 3. The number of hydrogen-bond acceptors (Lipinski definition) is 8. The number of nitroso groups, excluding NO2 is 1. The minimum absolute atomic E-state index is 0. The molecule has 140 valence electrons. The van der Waals surface area contributed by atoms with Crippen LogP contribution in [0.2, 0.25) is 0 Å². The molecule has 25 heavy (non-hydrogen) atoms. The van der Waals surface area contributed by atoms with Crippen molar-refractivity contribution in [3.05, 3.63) is 15.0 Å². The molecule has 11 heteroatoms. The third kappa shape index (κ3) is 7.24. The van der Waals surface area contributed by atoms with Gasteiger partial charge in [-0.2, -0.15) is 0 Å². The van der Waals surface area contributed by atoms with Crippen molar-refractivity contribution < 1.29 is 39.8 Å². The van der Waals surface area contributed by atoms with Crippen molar-refractivity contribution in [1.29, 1.82) is 0 Å². The van der Waals surface area contributed by atoms with E-state index in [-0.39, 0.29) is 66.3 Å². The first-order chi connectivity index (χ1) is 11.1. The number of halogens is 1.